The van der Waals surface area contributed by atoms with E-state index in [0.29, 0.717) is 26.6 Å². The van der Waals surface area contributed by atoms with Crippen molar-refractivity contribution < 1.29 is 19.1 Å². The minimum absolute atomic E-state index is 0.242. The van der Waals surface area contributed by atoms with Gasteiger partial charge in [0.2, 0.25) is 0 Å². The van der Waals surface area contributed by atoms with Gasteiger partial charge in [0.25, 0.3) is 11.8 Å². The van der Waals surface area contributed by atoms with Gasteiger partial charge in [0.15, 0.2) is 6.10 Å². The van der Waals surface area contributed by atoms with E-state index in [1.165, 1.54) is 12.3 Å². The number of halogens is 4. The fourth-order valence-corrected chi connectivity index (χ4v) is 4.78. The molecule has 0 saturated carbocycles. The summed E-state index contributed by atoms with van der Waals surface area (Å²) in [6.07, 6.45) is 0.795. The van der Waals surface area contributed by atoms with Crippen molar-refractivity contribution in [2.75, 3.05) is 0 Å². The number of rotatable bonds is 12. The Balaban J connectivity index is 1.35. The third kappa shape index (κ3) is 9.90. The lowest BCUT2D eigenvalue weighted by Gasteiger charge is -2.21. The first-order chi connectivity index (χ1) is 20.7. The molecule has 0 aliphatic heterocycles. The van der Waals surface area contributed by atoms with Crippen molar-refractivity contribution in [3.63, 3.8) is 0 Å². The summed E-state index contributed by atoms with van der Waals surface area (Å²) in [5.41, 5.74) is 4.91. The second-order valence-corrected chi connectivity index (χ2v) is 11.1. The van der Waals surface area contributed by atoms with Crippen molar-refractivity contribution in [1.82, 2.24) is 10.7 Å². The van der Waals surface area contributed by atoms with Crippen LogP contribution in [0.15, 0.2) is 96.1 Å². The predicted molar refractivity (Wildman–Crippen MR) is 172 cm³/mol. The van der Waals surface area contributed by atoms with Gasteiger partial charge in [0.05, 0.1) is 11.2 Å². The van der Waals surface area contributed by atoms with E-state index in [0.717, 1.165) is 16.7 Å². The average molecular weight is 659 g/mol. The zero-order valence-electron chi connectivity index (χ0n) is 22.9. The lowest BCUT2D eigenvalue weighted by molar-refractivity contribution is -0.132. The van der Waals surface area contributed by atoms with Crippen LogP contribution in [0.2, 0.25) is 20.1 Å². The number of hydrogen-bond acceptors (Lipinski definition) is 5. The van der Waals surface area contributed by atoms with Gasteiger partial charge < -0.3 is 14.8 Å². The first kappa shape index (κ1) is 32.2. The topological polar surface area (TPSA) is 89.0 Å². The largest absolute Gasteiger partial charge is 0.489 e. The molecule has 0 saturated heterocycles. The van der Waals surface area contributed by atoms with Gasteiger partial charge in [0.1, 0.15) is 24.1 Å². The van der Waals surface area contributed by atoms with E-state index >= 15 is 0 Å². The molecule has 0 fully saturated rings. The SMILES string of the molecule is C[C@H](Oc1ccc(Cl)cc1Cl)C(=O)N[C@@H](Cc1ccccc1)C(=O)N/N=C\c1ccc(OCc2ccc(Cl)cc2Cl)cc1. The number of ether oxygens (including phenoxy) is 2. The van der Waals surface area contributed by atoms with Crippen molar-refractivity contribution >= 4 is 64.4 Å². The highest BCUT2D eigenvalue weighted by atomic mass is 35.5. The number of benzene rings is 4. The smallest absolute Gasteiger partial charge is 0.262 e. The van der Waals surface area contributed by atoms with Gasteiger partial charge in [-0.05, 0) is 72.6 Å². The number of hydrazone groups is 1. The van der Waals surface area contributed by atoms with Crippen LogP contribution in [0.25, 0.3) is 0 Å². The Bertz CT molecular complexity index is 1580. The molecule has 2 atom stereocenters. The molecule has 4 rings (SSSR count). The molecule has 0 aromatic heterocycles. The molecule has 222 valence electrons. The van der Waals surface area contributed by atoms with Crippen LogP contribution in [0.3, 0.4) is 0 Å². The van der Waals surface area contributed by atoms with E-state index in [2.05, 4.69) is 15.8 Å². The quantitative estimate of drug-likeness (QED) is 0.122. The molecule has 0 aliphatic carbocycles. The summed E-state index contributed by atoms with van der Waals surface area (Å²) in [4.78, 5) is 26.1. The second-order valence-electron chi connectivity index (χ2n) is 9.41. The molecule has 0 unspecified atom stereocenters. The predicted octanol–water partition coefficient (Wildman–Crippen LogP) is 7.52. The molecule has 0 aliphatic rings. The molecule has 4 aromatic rings. The Morgan fingerprint density at radius 2 is 1.51 bits per heavy atom. The van der Waals surface area contributed by atoms with Crippen LogP contribution in [0.4, 0.5) is 0 Å². The van der Waals surface area contributed by atoms with Gasteiger partial charge in [-0.2, -0.15) is 5.10 Å². The zero-order chi connectivity index (χ0) is 30.8. The van der Waals surface area contributed by atoms with Gasteiger partial charge in [-0.25, -0.2) is 5.43 Å². The fraction of sp³-hybridized carbons (Fsp3) is 0.156. The van der Waals surface area contributed by atoms with Crippen LogP contribution in [0.1, 0.15) is 23.6 Å². The number of hydrogen-bond donors (Lipinski definition) is 2. The van der Waals surface area contributed by atoms with E-state index in [-0.39, 0.29) is 18.1 Å². The summed E-state index contributed by atoms with van der Waals surface area (Å²) in [7, 11) is 0. The molecule has 4 aromatic carbocycles. The third-order valence-electron chi connectivity index (χ3n) is 6.16. The number of nitrogens with one attached hydrogen (secondary N) is 2. The Morgan fingerprint density at radius 1 is 0.837 bits per heavy atom. The van der Waals surface area contributed by atoms with Crippen molar-refractivity contribution in [1.29, 1.82) is 0 Å². The molecule has 43 heavy (non-hydrogen) atoms. The van der Waals surface area contributed by atoms with E-state index in [4.69, 9.17) is 55.9 Å². The van der Waals surface area contributed by atoms with Crippen molar-refractivity contribution in [2.24, 2.45) is 5.10 Å². The van der Waals surface area contributed by atoms with Crippen LogP contribution >= 0.6 is 46.4 Å². The van der Waals surface area contributed by atoms with Crippen LogP contribution in [-0.4, -0.2) is 30.2 Å². The van der Waals surface area contributed by atoms with E-state index in [1.54, 1.807) is 55.5 Å². The van der Waals surface area contributed by atoms with Crippen molar-refractivity contribution in [2.45, 2.75) is 32.1 Å². The monoisotopic (exact) mass is 657 g/mol. The first-order valence-corrected chi connectivity index (χ1v) is 14.6. The van der Waals surface area contributed by atoms with Crippen LogP contribution < -0.4 is 20.2 Å². The Hall–Kier alpha value is -3.75. The molecule has 0 radical (unpaired) electrons. The number of carbonyl (C=O) groups excluding carboxylic acids is 2. The summed E-state index contributed by atoms with van der Waals surface area (Å²) in [6, 6.07) is 25.5. The highest BCUT2D eigenvalue weighted by Gasteiger charge is 2.25. The van der Waals surface area contributed by atoms with Crippen LogP contribution in [0, 0.1) is 0 Å². The zero-order valence-corrected chi connectivity index (χ0v) is 25.9. The van der Waals surface area contributed by atoms with Crippen LogP contribution in [0.5, 0.6) is 11.5 Å². The molecular formula is C32H27Cl4N3O4. The standard InChI is InChI=1S/C32H27Cl4N3O4/c1-20(43-30-14-11-25(34)17-28(30)36)31(40)38-29(15-21-5-3-2-4-6-21)32(41)39-37-18-22-7-12-26(13-8-22)42-19-23-9-10-24(33)16-27(23)35/h2-14,16-18,20,29H,15,19H2,1H3,(H,38,40)(H,39,41)/b37-18-/t20-,29-/m0/s1. The van der Waals surface area contributed by atoms with Crippen LogP contribution in [-0.2, 0) is 22.6 Å². The molecule has 0 heterocycles. The molecule has 11 heteroatoms. The van der Waals surface area contributed by atoms with Crippen molar-refractivity contribution in [3.05, 3.63) is 128 Å². The summed E-state index contributed by atoms with van der Waals surface area (Å²) >= 11 is 24.3. The molecule has 2 N–H and O–H groups in total. The average Bonchev–Trinajstić information content (AvgIpc) is 2.99. The Morgan fingerprint density at radius 3 is 2.19 bits per heavy atom. The molecule has 2 amide bonds. The lowest BCUT2D eigenvalue weighted by Crippen LogP contribution is -2.50. The van der Waals surface area contributed by atoms with Crippen molar-refractivity contribution in [3.8, 4) is 11.5 Å². The molecule has 0 spiro atoms. The maximum absolute atomic E-state index is 13.1. The number of nitrogens with zero attached hydrogens (tertiary/aromatic N) is 1. The maximum atomic E-state index is 13.1. The normalized spacial score (nSPS) is 12.4. The molecule has 0 bridgehead atoms. The minimum Gasteiger partial charge on any atom is -0.489 e. The van der Waals surface area contributed by atoms with Gasteiger partial charge in [0, 0.05) is 27.1 Å². The van der Waals surface area contributed by atoms with E-state index in [9.17, 15) is 9.59 Å². The van der Waals surface area contributed by atoms with E-state index in [1.807, 2.05) is 36.4 Å². The van der Waals surface area contributed by atoms with E-state index < -0.39 is 24.0 Å². The summed E-state index contributed by atoms with van der Waals surface area (Å²) < 4.78 is 11.5. The maximum Gasteiger partial charge on any atom is 0.262 e. The Kier molecular flexibility index (Phi) is 11.7. The number of amides is 2. The third-order valence-corrected chi connectivity index (χ3v) is 7.28. The summed E-state index contributed by atoms with van der Waals surface area (Å²) in [5, 5.41) is 8.63. The summed E-state index contributed by atoms with van der Waals surface area (Å²) in [6.45, 7) is 1.84. The first-order valence-electron chi connectivity index (χ1n) is 13.1. The number of carbonyl (C=O) groups is 2. The molecule has 7 nitrogen and oxygen atoms in total. The lowest BCUT2D eigenvalue weighted by atomic mass is 10.1. The Labute approximate surface area is 269 Å². The van der Waals surface area contributed by atoms with Gasteiger partial charge in [-0.3, -0.25) is 9.59 Å². The van der Waals surface area contributed by atoms with Gasteiger partial charge in [-0.1, -0.05) is 82.8 Å². The fourth-order valence-electron chi connectivity index (χ4n) is 3.86. The minimum atomic E-state index is -0.940. The summed E-state index contributed by atoms with van der Waals surface area (Å²) in [5.74, 6) is -0.0619. The van der Waals surface area contributed by atoms with Gasteiger partial charge in [-0.15, -0.1) is 0 Å². The highest BCUT2D eigenvalue weighted by Crippen LogP contribution is 2.28. The molecular weight excluding hydrogens is 632 g/mol. The van der Waals surface area contributed by atoms with Gasteiger partial charge >= 0.3 is 0 Å². The highest BCUT2D eigenvalue weighted by molar-refractivity contribution is 6.35. The second kappa shape index (κ2) is 15.6.